The zero-order chi connectivity index (χ0) is 37.9. The molecular weight excluding hydrogens is 670 g/mol. The van der Waals surface area contributed by atoms with Crippen LogP contribution in [0, 0.1) is 34.5 Å². The van der Waals surface area contributed by atoms with Crippen molar-refractivity contribution in [3.8, 4) is 5.75 Å². The molecule has 9 heteroatoms. The van der Waals surface area contributed by atoms with E-state index in [1.807, 2.05) is 48.5 Å². The molecule has 5 aliphatic rings. The van der Waals surface area contributed by atoms with Crippen LogP contribution in [0.3, 0.4) is 0 Å². The van der Waals surface area contributed by atoms with Crippen LogP contribution in [0.1, 0.15) is 83.3 Å². The SMILES string of the molecule is C=C1C=C[C@@]2(C)C(=C1)CC[C@@H]1[C@@H]2[C@@H](O)C[C@@]2(C)[C@H]1C[C@H]1O[C@@H](c3ccc(COc4cccc(CC(=O)[C@H](C)NC(=O)C(C)C)c4)cc3)O[C@]12C(=O)CO. The number of allylic oxidation sites excluding steroid dienone is 5. The highest BCUT2D eigenvalue weighted by atomic mass is 16.7. The van der Waals surface area contributed by atoms with Gasteiger partial charge in [-0.25, -0.2) is 0 Å². The lowest BCUT2D eigenvalue weighted by molar-refractivity contribution is -0.201. The Bertz CT molecular complexity index is 1850. The minimum Gasteiger partial charge on any atom is -0.489 e. The number of Topliss-reactive ketones (excluding diaryl/α,β-unsaturated/α-hetero) is 2. The van der Waals surface area contributed by atoms with Gasteiger partial charge in [0.2, 0.25) is 5.91 Å². The third-order valence-electron chi connectivity index (χ3n) is 13.2. The van der Waals surface area contributed by atoms with Crippen molar-refractivity contribution in [2.24, 2.45) is 34.5 Å². The van der Waals surface area contributed by atoms with Crippen molar-refractivity contribution in [2.45, 2.75) is 103 Å². The maximum atomic E-state index is 13.9. The number of ketones is 2. The number of amides is 1. The van der Waals surface area contributed by atoms with Crippen LogP contribution in [-0.4, -0.2) is 58.1 Å². The quantitative estimate of drug-likeness (QED) is 0.253. The topological polar surface area (TPSA) is 131 Å². The molecule has 0 aromatic heterocycles. The van der Waals surface area contributed by atoms with Crippen LogP contribution in [0.25, 0.3) is 0 Å². The minimum atomic E-state index is -1.37. The van der Waals surface area contributed by atoms with E-state index in [-0.39, 0.29) is 53.0 Å². The van der Waals surface area contributed by atoms with E-state index >= 15 is 0 Å². The Hall–Kier alpha value is -3.89. The fourth-order valence-electron chi connectivity index (χ4n) is 10.4. The fraction of sp³-hybridized carbons (Fsp3) is 0.523. The van der Waals surface area contributed by atoms with Gasteiger partial charge in [0.15, 0.2) is 23.5 Å². The molecule has 3 N–H and O–H groups in total. The second kappa shape index (κ2) is 14.1. The molecular formula is C44H53NO8. The molecule has 53 heavy (non-hydrogen) atoms. The lowest BCUT2D eigenvalue weighted by Crippen LogP contribution is -2.63. The molecule has 2 aromatic carbocycles. The molecule has 2 aromatic rings. The Morgan fingerprint density at radius 2 is 1.83 bits per heavy atom. The van der Waals surface area contributed by atoms with Gasteiger partial charge in [-0.1, -0.05) is 94.5 Å². The van der Waals surface area contributed by atoms with Gasteiger partial charge >= 0.3 is 0 Å². The van der Waals surface area contributed by atoms with E-state index in [0.717, 1.165) is 35.1 Å². The third-order valence-corrected chi connectivity index (χ3v) is 13.2. The summed E-state index contributed by atoms with van der Waals surface area (Å²) >= 11 is 0. The first-order valence-electron chi connectivity index (χ1n) is 19.1. The summed E-state index contributed by atoms with van der Waals surface area (Å²) in [4.78, 5) is 38.6. The van der Waals surface area contributed by atoms with E-state index in [1.165, 1.54) is 5.57 Å². The molecule has 7 rings (SSSR count). The summed E-state index contributed by atoms with van der Waals surface area (Å²) in [6.07, 6.45) is 7.46. The van der Waals surface area contributed by atoms with Crippen LogP contribution in [0.5, 0.6) is 5.75 Å². The summed E-state index contributed by atoms with van der Waals surface area (Å²) in [7, 11) is 0. The lowest BCUT2D eigenvalue weighted by Gasteiger charge is -2.59. The molecule has 1 saturated heterocycles. The Labute approximate surface area is 312 Å². The molecule has 0 radical (unpaired) electrons. The van der Waals surface area contributed by atoms with Crippen LogP contribution in [-0.2, 0) is 36.9 Å². The molecule has 282 valence electrons. The van der Waals surface area contributed by atoms with Crippen molar-refractivity contribution in [3.63, 3.8) is 0 Å². The van der Waals surface area contributed by atoms with Crippen molar-refractivity contribution in [1.29, 1.82) is 0 Å². The number of hydrogen-bond acceptors (Lipinski definition) is 8. The highest BCUT2D eigenvalue weighted by molar-refractivity contribution is 5.91. The molecule has 1 aliphatic heterocycles. The second-order valence-electron chi connectivity index (χ2n) is 16.7. The van der Waals surface area contributed by atoms with Gasteiger partial charge in [-0.05, 0) is 73.3 Å². The lowest BCUT2D eigenvalue weighted by atomic mass is 9.46. The van der Waals surface area contributed by atoms with E-state index in [9.17, 15) is 24.6 Å². The zero-order valence-corrected chi connectivity index (χ0v) is 31.5. The summed E-state index contributed by atoms with van der Waals surface area (Å²) in [6.45, 7) is 13.4. The molecule has 0 bridgehead atoms. The van der Waals surface area contributed by atoms with Gasteiger partial charge in [-0.3, -0.25) is 14.4 Å². The number of hydrogen-bond donors (Lipinski definition) is 3. The number of carbonyl (C=O) groups excluding carboxylic acids is 3. The average molecular weight is 724 g/mol. The number of rotatable bonds is 11. The zero-order valence-electron chi connectivity index (χ0n) is 31.5. The van der Waals surface area contributed by atoms with E-state index in [1.54, 1.807) is 20.8 Å². The standard InChI is InChI=1S/C44H53NO8/c1-25(2)40(50)45-27(4)35(47)20-29-8-7-9-32(19-29)51-24-28-10-12-30(13-11-28)41-52-38-21-34-33-15-14-31-18-26(3)16-17-42(31,5)39(33)36(48)22-43(34,6)44(38,53-41)37(49)23-46/h7-13,16-19,25,27,33-34,36,38-39,41,46,48H,3,14-15,20-24H2,1-2,4-6H3,(H,45,50)/t27-,33-,34-,36-,38+,39+,41+,42-,43-,44+/m0/s1. The number of carbonyl (C=O) groups is 3. The first-order chi connectivity index (χ1) is 25.2. The van der Waals surface area contributed by atoms with Crippen LogP contribution in [0.4, 0.5) is 0 Å². The molecule has 10 atom stereocenters. The van der Waals surface area contributed by atoms with E-state index < -0.39 is 42.2 Å². The summed E-state index contributed by atoms with van der Waals surface area (Å²) < 4.78 is 19.5. The number of fused-ring (bicyclic) bond motifs is 7. The third kappa shape index (κ3) is 6.33. The molecule has 1 amide bonds. The average Bonchev–Trinajstić information content (AvgIpc) is 3.63. The van der Waals surface area contributed by atoms with Gasteiger partial charge in [-0.15, -0.1) is 0 Å². The number of aliphatic hydroxyl groups is 2. The number of nitrogens with one attached hydrogen (secondary N) is 1. The summed E-state index contributed by atoms with van der Waals surface area (Å²) in [6, 6.07) is 14.5. The van der Waals surface area contributed by atoms with Crippen molar-refractivity contribution >= 4 is 17.5 Å². The summed E-state index contributed by atoms with van der Waals surface area (Å²) in [5.74, 6) is 0.0749. The molecule has 9 nitrogen and oxygen atoms in total. The van der Waals surface area contributed by atoms with Crippen LogP contribution >= 0.6 is 0 Å². The highest BCUT2D eigenvalue weighted by Gasteiger charge is 2.75. The normalized spacial score (nSPS) is 34.7. The van der Waals surface area contributed by atoms with Gasteiger partial charge < -0.3 is 29.7 Å². The monoisotopic (exact) mass is 723 g/mol. The van der Waals surface area contributed by atoms with Gasteiger partial charge in [0.05, 0.1) is 18.2 Å². The Morgan fingerprint density at radius 3 is 2.55 bits per heavy atom. The summed E-state index contributed by atoms with van der Waals surface area (Å²) in [5, 5.41) is 25.0. The summed E-state index contributed by atoms with van der Waals surface area (Å²) in [5.41, 5.74) is 2.40. The van der Waals surface area contributed by atoms with Crippen LogP contribution < -0.4 is 10.1 Å². The fourth-order valence-corrected chi connectivity index (χ4v) is 10.4. The predicted octanol–water partition coefficient (Wildman–Crippen LogP) is 6.13. The molecule has 3 saturated carbocycles. The molecule has 4 fully saturated rings. The largest absolute Gasteiger partial charge is 0.489 e. The minimum absolute atomic E-state index is 0.00747. The van der Waals surface area contributed by atoms with E-state index in [0.29, 0.717) is 25.2 Å². The van der Waals surface area contributed by atoms with Gasteiger partial charge in [-0.2, -0.15) is 0 Å². The van der Waals surface area contributed by atoms with Gasteiger partial charge in [0.25, 0.3) is 0 Å². The molecule has 0 spiro atoms. The van der Waals surface area contributed by atoms with E-state index in [2.05, 4.69) is 44.0 Å². The predicted molar refractivity (Wildman–Crippen MR) is 199 cm³/mol. The van der Waals surface area contributed by atoms with Gasteiger partial charge in [0.1, 0.15) is 19.0 Å². The molecule has 1 heterocycles. The molecule has 4 aliphatic carbocycles. The first kappa shape index (κ1) is 37.4. The maximum absolute atomic E-state index is 13.9. The number of benzene rings is 2. The van der Waals surface area contributed by atoms with Crippen molar-refractivity contribution in [3.05, 3.63) is 101 Å². The smallest absolute Gasteiger partial charge is 0.223 e. The van der Waals surface area contributed by atoms with Crippen LogP contribution in [0.15, 0.2) is 84.5 Å². The van der Waals surface area contributed by atoms with Gasteiger partial charge in [0, 0.05) is 34.7 Å². The van der Waals surface area contributed by atoms with Crippen molar-refractivity contribution in [1.82, 2.24) is 5.32 Å². The molecule has 0 unspecified atom stereocenters. The highest BCUT2D eigenvalue weighted by Crippen LogP contribution is 2.70. The Morgan fingerprint density at radius 1 is 1.08 bits per heavy atom. The second-order valence-corrected chi connectivity index (χ2v) is 16.7. The van der Waals surface area contributed by atoms with Crippen LogP contribution in [0.2, 0.25) is 0 Å². The van der Waals surface area contributed by atoms with Crippen molar-refractivity contribution in [2.75, 3.05) is 6.61 Å². The Balaban J connectivity index is 1.03. The first-order valence-corrected chi connectivity index (χ1v) is 19.1. The maximum Gasteiger partial charge on any atom is 0.223 e. The van der Waals surface area contributed by atoms with E-state index in [4.69, 9.17) is 14.2 Å². The Kier molecular flexibility index (Phi) is 9.94. The number of aliphatic hydroxyl groups excluding tert-OH is 2. The number of ether oxygens (including phenoxy) is 3. The van der Waals surface area contributed by atoms with Crippen molar-refractivity contribution < 1.29 is 38.8 Å².